The number of piperidine rings is 1. The van der Waals surface area contributed by atoms with Crippen molar-refractivity contribution in [3.8, 4) is 0 Å². The van der Waals surface area contributed by atoms with E-state index in [1.165, 1.54) is 24.9 Å². The van der Waals surface area contributed by atoms with Gasteiger partial charge in [0.2, 0.25) is 5.91 Å². The average Bonchev–Trinajstić information content (AvgIpc) is 3.38. The lowest BCUT2D eigenvalue weighted by atomic mass is 10.0. The average molecular weight is 353 g/mol. The second kappa shape index (κ2) is 8.41. The molecule has 0 atom stereocenters. The first-order chi connectivity index (χ1) is 11.2. The fourth-order valence-corrected chi connectivity index (χ4v) is 4.05. The summed E-state index contributed by atoms with van der Waals surface area (Å²) in [7, 11) is 0. The highest BCUT2D eigenvalue weighted by molar-refractivity contribution is 7.99. The molecule has 1 saturated heterocycles. The topological polar surface area (TPSA) is 32.3 Å². The number of likely N-dealkylation sites (tertiary alicyclic amines) is 1. The van der Waals surface area contributed by atoms with Crippen LogP contribution in [0.1, 0.15) is 31.2 Å². The Kier molecular flexibility index (Phi) is 6.26. The molecule has 23 heavy (non-hydrogen) atoms. The molecule has 0 spiro atoms. The lowest BCUT2D eigenvalue weighted by Crippen LogP contribution is -2.45. The molecule has 1 amide bonds. The van der Waals surface area contributed by atoms with Gasteiger partial charge in [0.15, 0.2) is 0 Å². The van der Waals surface area contributed by atoms with Gasteiger partial charge in [-0.15, -0.1) is 11.8 Å². The molecule has 3 rings (SSSR count). The van der Waals surface area contributed by atoms with Gasteiger partial charge in [-0.3, -0.25) is 4.79 Å². The van der Waals surface area contributed by atoms with E-state index in [4.69, 9.17) is 11.6 Å². The van der Waals surface area contributed by atoms with E-state index in [0.29, 0.717) is 11.8 Å². The van der Waals surface area contributed by atoms with E-state index in [9.17, 15) is 4.79 Å². The fraction of sp³-hybridized carbons (Fsp3) is 0.611. The molecule has 2 aliphatic rings. The molecule has 0 radical (unpaired) electrons. The van der Waals surface area contributed by atoms with Crippen LogP contribution in [0.4, 0.5) is 0 Å². The summed E-state index contributed by atoms with van der Waals surface area (Å²) in [6.45, 7) is 2.98. The minimum atomic E-state index is 0.276. The van der Waals surface area contributed by atoms with E-state index in [0.717, 1.165) is 42.6 Å². The van der Waals surface area contributed by atoms with E-state index in [-0.39, 0.29) is 5.91 Å². The van der Waals surface area contributed by atoms with Crippen LogP contribution in [-0.4, -0.2) is 42.2 Å². The van der Waals surface area contributed by atoms with Gasteiger partial charge >= 0.3 is 0 Å². The minimum absolute atomic E-state index is 0.276. The minimum Gasteiger partial charge on any atom is -0.342 e. The number of halogens is 1. The SMILES string of the molecule is O=C(CSCc1cccc(Cl)c1)N1CCC(NCC2CC2)CC1. The van der Waals surface area contributed by atoms with Crippen molar-refractivity contribution in [1.82, 2.24) is 10.2 Å². The summed E-state index contributed by atoms with van der Waals surface area (Å²) in [6.07, 6.45) is 4.98. The highest BCUT2D eigenvalue weighted by Gasteiger charge is 2.25. The van der Waals surface area contributed by atoms with Crippen molar-refractivity contribution >= 4 is 29.3 Å². The fourth-order valence-electron chi connectivity index (χ4n) is 2.96. The Morgan fingerprint density at radius 2 is 2.04 bits per heavy atom. The van der Waals surface area contributed by atoms with Crippen LogP contribution in [-0.2, 0) is 10.5 Å². The number of nitrogens with one attached hydrogen (secondary N) is 1. The normalized spacial score (nSPS) is 19.1. The third kappa shape index (κ3) is 5.70. The van der Waals surface area contributed by atoms with Gasteiger partial charge in [0.05, 0.1) is 5.75 Å². The number of hydrogen-bond donors (Lipinski definition) is 1. The highest BCUT2D eigenvalue weighted by Crippen LogP contribution is 2.28. The van der Waals surface area contributed by atoms with Crippen molar-refractivity contribution in [2.24, 2.45) is 5.92 Å². The Bertz CT molecular complexity index is 528. The summed E-state index contributed by atoms with van der Waals surface area (Å²) < 4.78 is 0. The maximum Gasteiger partial charge on any atom is 0.232 e. The maximum atomic E-state index is 12.3. The van der Waals surface area contributed by atoms with Gasteiger partial charge in [0.25, 0.3) is 0 Å². The van der Waals surface area contributed by atoms with Crippen molar-refractivity contribution in [1.29, 1.82) is 0 Å². The zero-order valence-electron chi connectivity index (χ0n) is 13.5. The molecule has 126 valence electrons. The highest BCUT2D eigenvalue weighted by atomic mass is 35.5. The summed E-state index contributed by atoms with van der Waals surface area (Å²) in [6, 6.07) is 8.47. The largest absolute Gasteiger partial charge is 0.342 e. The predicted octanol–water partition coefficient (Wildman–Crippen LogP) is 3.56. The third-order valence-corrected chi connectivity index (χ3v) is 5.85. The lowest BCUT2D eigenvalue weighted by Gasteiger charge is -2.32. The molecule has 1 saturated carbocycles. The molecule has 0 bridgehead atoms. The van der Waals surface area contributed by atoms with Crippen LogP contribution >= 0.6 is 23.4 Å². The van der Waals surface area contributed by atoms with Gasteiger partial charge in [0, 0.05) is 29.9 Å². The van der Waals surface area contributed by atoms with Gasteiger partial charge in [-0.2, -0.15) is 0 Å². The summed E-state index contributed by atoms with van der Waals surface area (Å²) in [5, 5.41) is 4.42. The molecular formula is C18H25ClN2OS. The summed E-state index contributed by atoms with van der Waals surface area (Å²) in [5.74, 6) is 2.61. The van der Waals surface area contributed by atoms with Crippen molar-refractivity contribution in [3.63, 3.8) is 0 Å². The molecular weight excluding hydrogens is 328 g/mol. The van der Waals surface area contributed by atoms with Crippen LogP contribution in [0.5, 0.6) is 0 Å². The van der Waals surface area contributed by atoms with Gasteiger partial charge in [-0.25, -0.2) is 0 Å². The number of benzene rings is 1. The maximum absolute atomic E-state index is 12.3. The Labute approximate surface area is 148 Å². The van der Waals surface area contributed by atoms with E-state index < -0.39 is 0 Å². The number of hydrogen-bond acceptors (Lipinski definition) is 3. The zero-order chi connectivity index (χ0) is 16.1. The third-order valence-electron chi connectivity index (χ3n) is 4.62. The van der Waals surface area contributed by atoms with Crippen molar-refractivity contribution in [3.05, 3.63) is 34.9 Å². The van der Waals surface area contributed by atoms with Crippen LogP contribution in [0, 0.1) is 5.92 Å². The lowest BCUT2D eigenvalue weighted by molar-refractivity contribution is -0.129. The molecule has 0 unspecified atom stereocenters. The first kappa shape index (κ1) is 17.1. The predicted molar refractivity (Wildman–Crippen MR) is 97.9 cm³/mol. The first-order valence-electron chi connectivity index (χ1n) is 8.54. The number of amides is 1. The number of carbonyl (C=O) groups is 1. The van der Waals surface area contributed by atoms with Crippen LogP contribution in [0.25, 0.3) is 0 Å². The molecule has 2 fully saturated rings. The van der Waals surface area contributed by atoms with Crippen molar-refractivity contribution in [2.75, 3.05) is 25.4 Å². The van der Waals surface area contributed by atoms with Gasteiger partial charge in [-0.05, 0) is 55.8 Å². The number of nitrogens with zero attached hydrogens (tertiary/aromatic N) is 1. The van der Waals surface area contributed by atoms with E-state index in [2.05, 4.69) is 11.4 Å². The van der Waals surface area contributed by atoms with Crippen molar-refractivity contribution < 1.29 is 4.79 Å². The Hall–Kier alpha value is -0.710. The Balaban J connectivity index is 1.32. The molecule has 5 heteroatoms. The van der Waals surface area contributed by atoms with Crippen LogP contribution < -0.4 is 5.32 Å². The van der Waals surface area contributed by atoms with E-state index in [1.807, 2.05) is 23.1 Å². The van der Waals surface area contributed by atoms with Crippen LogP contribution in [0.15, 0.2) is 24.3 Å². The quantitative estimate of drug-likeness (QED) is 0.814. The van der Waals surface area contributed by atoms with Crippen LogP contribution in [0.3, 0.4) is 0 Å². The Morgan fingerprint density at radius 1 is 1.26 bits per heavy atom. The molecule has 1 aliphatic carbocycles. The number of rotatable bonds is 7. The van der Waals surface area contributed by atoms with Gasteiger partial charge < -0.3 is 10.2 Å². The number of thioether (sulfide) groups is 1. The molecule has 1 aliphatic heterocycles. The molecule has 3 nitrogen and oxygen atoms in total. The molecule has 1 heterocycles. The van der Waals surface area contributed by atoms with Gasteiger partial charge in [0.1, 0.15) is 0 Å². The van der Waals surface area contributed by atoms with Crippen molar-refractivity contribution in [2.45, 2.75) is 37.5 Å². The monoisotopic (exact) mass is 352 g/mol. The molecule has 1 aromatic rings. The summed E-state index contributed by atoms with van der Waals surface area (Å²) >= 11 is 7.65. The van der Waals surface area contributed by atoms with Crippen LogP contribution in [0.2, 0.25) is 5.02 Å². The van der Waals surface area contributed by atoms with E-state index in [1.54, 1.807) is 11.8 Å². The second-order valence-electron chi connectivity index (χ2n) is 6.63. The van der Waals surface area contributed by atoms with E-state index >= 15 is 0 Å². The summed E-state index contributed by atoms with van der Waals surface area (Å²) in [4.78, 5) is 14.3. The second-order valence-corrected chi connectivity index (χ2v) is 8.05. The molecule has 1 N–H and O–H groups in total. The van der Waals surface area contributed by atoms with Gasteiger partial charge in [-0.1, -0.05) is 23.7 Å². The standard InChI is InChI=1S/C18H25ClN2OS/c19-16-3-1-2-15(10-16)12-23-13-18(22)21-8-6-17(7-9-21)20-11-14-4-5-14/h1-3,10,14,17,20H,4-9,11-13H2. The Morgan fingerprint density at radius 3 is 2.74 bits per heavy atom. The first-order valence-corrected chi connectivity index (χ1v) is 10.1. The molecule has 1 aromatic carbocycles. The summed E-state index contributed by atoms with van der Waals surface area (Å²) in [5.41, 5.74) is 1.18. The smallest absolute Gasteiger partial charge is 0.232 e. The number of carbonyl (C=O) groups excluding carboxylic acids is 1. The zero-order valence-corrected chi connectivity index (χ0v) is 15.0. The molecule has 0 aromatic heterocycles.